The molecule has 2 aromatic rings. The summed E-state index contributed by atoms with van der Waals surface area (Å²) in [7, 11) is -3.19. The van der Waals surface area contributed by atoms with Gasteiger partial charge in [-0.2, -0.15) is 0 Å². The van der Waals surface area contributed by atoms with E-state index in [0.717, 1.165) is 35.8 Å². The zero-order chi connectivity index (χ0) is 20.1. The highest BCUT2D eigenvalue weighted by Crippen LogP contribution is 2.25. The summed E-state index contributed by atoms with van der Waals surface area (Å²) < 4.78 is 24.7. The number of piperidine rings is 1. The van der Waals surface area contributed by atoms with E-state index >= 15 is 0 Å². The summed E-state index contributed by atoms with van der Waals surface area (Å²) in [6, 6.07) is 11.6. The van der Waals surface area contributed by atoms with Crippen molar-refractivity contribution in [2.45, 2.75) is 26.2 Å². The van der Waals surface area contributed by atoms with Crippen LogP contribution in [0, 0.1) is 5.92 Å². The van der Waals surface area contributed by atoms with Crippen molar-refractivity contribution < 1.29 is 13.2 Å². The summed E-state index contributed by atoms with van der Waals surface area (Å²) in [5, 5.41) is 2.93. The number of rotatable bonds is 7. The second kappa shape index (κ2) is 9.07. The number of thiophene rings is 1. The minimum Gasteiger partial charge on any atom is -0.372 e. The van der Waals surface area contributed by atoms with Gasteiger partial charge in [0, 0.05) is 35.9 Å². The van der Waals surface area contributed by atoms with Crippen molar-refractivity contribution in [3.8, 4) is 0 Å². The molecular formula is C20H27N3O3S2. The first kappa shape index (κ1) is 20.8. The van der Waals surface area contributed by atoms with Gasteiger partial charge in [0.1, 0.15) is 0 Å². The molecule has 3 rings (SSSR count). The fourth-order valence-electron chi connectivity index (χ4n) is 3.21. The lowest BCUT2D eigenvalue weighted by Gasteiger charge is -2.32. The van der Waals surface area contributed by atoms with Gasteiger partial charge in [-0.3, -0.25) is 4.79 Å². The van der Waals surface area contributed by atoms with Crippen molar-refractivity contribution in [3.05, 3.63) is 46.2 Å². The molecule has 0 saturated carbocycles. The quantitative estimate of drug-likeness (QED) is 0.719. The number of anilines is 2. The first-order valence-electron chi connectivity index (χ1n) is 9.50. The van der Waals surface area contributed by atoms with Crippen LogP contribution in [0.2, 0.25) is 0 Å². The van der Waals surface area contributed by atoms with Gasteiger partial charge in [0.25, 0.3) is 5.91 Å². The molecular weight excluding hydrogens is 394 g/mol. The molecule has 0 unspecified atom stereocenters. The van der Waals surface area contributed by atoms with Crippen LogP contribution < -0.4 is 14.9 Å². The van der Waals surface area contributed by atoms with Crippen molar-refractivity contribution in [1.82, 2.24) is 4.72 Å². The molecule has 0 radical (unpaired) electrons. The van der Waals surface area contributed by atoms with E-state index in [1.54, 1.807) is 6.07 Å². The minimum absolute atomic E-state index is 0.146. The van der Waals surface area contributed by atoms with Crippen molar-refractivity contribution in [1.29, 1.82) is 0 Å². The van der Waals surface area contributed by atoms with Gasteiger partial charge >= 0.3 is 0 Å². The third-order valence-electron chi connectivity index (χ3n) is 4.90. The number of hydrogen-bond donors (Lipinski definition) is 2. The first-order valence-corrected chi connectivity index (χ1v) is 12.2. The van der Waals surface area contributed by atoms with Crippen LogP contribution in [-0.2, 0) is 16.4 Å². The molecule has 1 saturated heterocycles. The first-order chi connectivity index (χ1) is 13.3. The lowest BCUT2D eigenvalue weighted by Crippen LogP contribution is -2.32. The van der Waals surface area contributed by atoms with Crippen molar-refractivity contribution in [3.63, 3.8) is 0 Å². The Morgan fingerprint density at radius 3 is 2.46 bits per heavy atom. The zero-order valence-electron chi connectivity index (χ0n) is 16.3. The number of nitrogens with one attached hydrogen (secondary N) is 2. The van der Waals surface area contributed by atoms with Gasteiger partial charge in [-0.15, -0.1) is 11.3 Å². The zero-order valence-corrected chi connectivity index (χ0v) is 17.9. The molecule has 1 fully saturated rings. The van der Waals surface area contributed by atoms with Gasteiger partial charge in [-0.05, 0) is 61.6 Å². The van der Waals surface area contributed by atoms with Crippen LogP contribution in [-0.4, -0.2) is 40.2 Å². The molecule has 1 aliphatic rings. The Hall–Kier alpha value is -1.90. The summed E-state index contributed by atoms with van der Waals surface area (Å²) in [5.41, 5.74) is 1.97. The highest BCUT2D eigenvalue weighted by molar-refractivity contribution is 7.88. The predicted octanol–water partition coefficient (Wildman–Crippen LogP) is 3.33. The molecule has 1 amide bonds. The summed E-state index contributed by atoms with van der Waals surface area (Å²) >= 11 is 1.38. The molecule has 0 bridgehead atoms. The van der Waals surface area contributed by atoms with Crippen LogP contribution in [0.1, 0.15) is 34.3 Å². The van der Waals surface area contributed by atoms with Crippen LogP contribution in [0.3, 0.4) is 0 Å². The molecule has 1 aromatic carbocycles. The Balaban J connectivity index is 1.53. The van der Waals surface area contributed by atoms with Crippen LogP contribution in [0.15, 0.2) is 36.4 Å². The number of nitrogens with zero attached hydrogens (tertiary/aromatic N) is 1. The van der Waals surface area contributed by atoms with Gasteiger partial charge in [-0.25, -0.2) is 13.1 Å². The normalized spacial score (nSPS) is 15.6. The van der Waals surface area contributed by atoms with Gasteiger partial charge < -0.3 is 10.2 Å². The van der Waals surface area contributed by atoms with Crippen LogP contribution in [0.5, 0.6) is 0 Å². The molecule has 0 spiro atoms. The van der Waals surface area contributed by atoms with E-state index in [1.807, 2.05) is 18.2 Å². The Morgan fingerprint density at radius 2 is 1.82 bits per heavy atom. The van der Waals surface area contributed by atoms with E-state index in [1.165, 1.54) is 29.9 Å². The fraction of sp³-hybridized carbons (Fsp3) is 0.450. The molecule has 0 aliphatic carbocycles. The average Bonchev–Trinajstić information content (AvgIpc) is 3.11. The SMILES string of the molecule is CC1CCN(c2ccc(NC(=O)c3ccc(CCNS(C)(=O)=O)s3)cc2)CC1. The Bertz CT molecular complexity index is 899. The van der Waals surface area contributed by atoms with E-state index < -0.39 is 10.0 Å². The summed E-state index contributed by atoms with van der Waals surface area (Å²) in [6.07, 6.45) is 4.14. The number of hydrogen-bond acceptors (Lipinski definition) is 5. The van der Waals surface area contributed by atoms with E-state index in [-0.39, 0.29) is 5.91 Å². The molecule has 152 valence electrons. The van der Waals surface area contributed by atoms with Gasteiger partial charge in [0.15, 0.2) is 0 Å². The number of sulfonamides is 1. The van der Waals surface area contributed by atoms with Crippen LogP contribution in [0.4, 0.5) is 11.4 Å². The minimum atomic E-state index is -3.19. The maximum Gasteiger partial charge on any atom is 0.265 e. The predicted molar refractivity (Wildman–Crippen MR) is 116 cm³/mol. The number of carbonyl (C=O) groups excluding carboxylic acids is 1. The standard InChI is InChI=1S/C20H27N3O3S2/c1-15-10-13-23(14-11-15)17-5-3-16(4-6-17)22-20(24)19-8-7-18(27-19)9-12-21-28(2,25)26/h3-8,15,21H,9-14H2,1-2H3,(H,22,24). The van der Waals surface area contributed by atoms with Crippen LogP contribution in [0.25, 0.3) is 0 Å². The van der Waals surface area contributed by atoms with Crippen LogP contribution >= 0.6 is 11.3 Å². The van der Waals surface area contributed by atoms with E-state index in [9.17, 15) is 13.2 Å². The Morgan fingerprint density at radius 1 is 1.14 bits per heavy atom. The molecule has 6 nitrogen and oxygen atoms in total. The van der Waals surface area contributed by atoms with Crippen molar-refractivity contribution in [2.75, 3.05) is 36.1 Å². The summed E-state index contributed by atoms with van der Waals surface area (Å²) in [6.45, 7) is 4.80. The molecule has 2 N–H and O–H groups in total. The van der Waals surface area contributed by atoms with Gasteiger partial charge in [-0.1, -0.05) is 6.92 Å². The molecule has 1 aliphatic heterocycles. The highest BCUT2D eigenvalue weighted by atomic mass is 32.2. The molecule has 8 heteroatoms. The van der Waals surface area contributed by atoms with Crippen molar-refractivity contribution >= 4 is 38.6 Å². The second-order valence-electron chi connectivity index (χ2n) is 7.35. The number of carbonyl (C=O) groups is 1. The van der Waals surface area contributed by atoms with Gasteiger partial charge in [0.05, 0.1) is 11.1 Å². The Kier molecular flexibility index (Phi) is 6.74. The fourth-order valence-corrected chi connectivity index (χ4v) is 4.58. The second-order valence-corrected chi connectivity index (χ2v) is 10.4. The van der Waals surface area contributed by atoms with Crippen molar-refractivity contribution in [2.24, 2.45) is 5.92 Å². The number of amides is 1. The molecule has 0 atom stereocenters. The lowest BCUT2D eigenvalue weighted by molar-refractivity contribution is 0.103. The highest BCUT2D eigenvalue weighted by Gasteiger charge is 2.16. The third kappa shape index (κ3) is 6.05. The third-order valence-corrected chi connectivity index (χ3v) is 6.77. The summed E-state index contributed by atoms with van der Waals surface area (Å²) in [4.78, 5) is 16.4. The average molecular weight is 422 g/mol. The smallest absolute Gasteiger partial charge is 0.265 e. The van der Waals surface area contributed by atoms with E-state index in [2.05, 4.69) is 34.0 Å². The maximum absolute atomic E-state index is 12.5. The summed E-state index contributed by atoms with van der Waals surface area (Å²) in [5.74, 6) is 0.652. The van der Waals surface area contributed by atoms with Gasteiger partial charge in [0.2, 0.25) is 10.0 Å². The van der Waals surface area contributed by atoms with E-state index in [4.69, 9.17) is 0 Å². The molecule has 28 heavy (non-hydrogen) atoms. The number of benzene rings is 1. The lowest BCUT2D eigenvalue weighted by atomic mass is 9.99. The topological polar surface area (TPSA) is 78.5 Å². The largest absolute Gasteiger partial charge is 0.372 e. The molecule has 1 aromatic heterocycles. The molecule has 2 heterocycles. The Labute approximate surface area is 171 Å². The van der Waals surface area contributed by atoms with E-state index in [0.29, 0.717) is 17.8 Å². The monoisotopic (exact) mass is 421 g/mol. The maximum atomic E-state index is 12.5.